The van der Waals surface area contributed by atoms with Crippen LogP contribution in [0.2, 0.25) is 0 Å². The van der Waals surface area contributed by atoms with Gasteiger partial charge in [-0.1, -0.05) is 103 Å². The molecule has 1 aliphatic carbocycles. The Hall–Kier alpha value is -3.84. The van der Waals surface area contributed by atoms with Crippen molar-refractivity contribution >= 4 is 10.8 Å². The van der Waals surface area contributed by atoms with Crippen molar-refractivity contribution < 1.29 is 4.74 Å². The number of ether oxygens (including phenoxy) is 1. The molecular weight excluding hydrogens is 364 g/mol. The second kappa shape index (κ2) is 5.61. The van der Waals surface area contributed by atoms with Gasteiger partial charge in [-0.25, -0.2) is 0 Å². The minimum Gasteiger partial charge on any atom is -0.456 e. The van der Waals surface area contributed by atoms with Gasteiger partial charge in [0, 0.05) is 16.5 Å². The Kier molecular flexibility index (Phi) is 2.99. The van der Waals surface area contributed by atoms with Crippen molar-refractivity contribution in [3.05, 3.63) is 131 Å². The maximum atomic E-state index is 6.61. The molecule has 1 heterocycles. The van der Waals surface area contributed by atoms with Gasteiger partial charge in [0.1, 0.15) is 11.5 Å². The van der Waals surface area contributed by atoms with Crippen LogP contribution in [0, 0.1) is 0 Å². The van der Waals surface area contributed by atoms with Crippen LogP contribution in [0.5, 0.6) is 11.5 Å². The maximum absolute atomic E-state index is 6.61. The van der Waals surface area contributed by atoms with Gasteiger partial charge < -0.3 is 4.74 Å². The molecule has 0 N–H and O–H groups in total. The molecule has 0 saturated heterocycles. The Bertz CT molecular complexity index is 1430. The SMILES string of the molecule is c1ccc2c(c1)Oc1c(ccc3ccccc13)C21c2ccccc2-c2ccccc21. The van der Waals surface area contributed by atoms with Gasteiger partial charge in [0.25, 0.3) is 0 Å². The Labute approximate surface area is 175 Å². The van der Waals surface area contributed by atoms with Crippen LogP contribution in [0.25, 0.3) is 21.9 Å². The van der Waals surface area contributed by atoms with Gasteiger partial charge in [-0.2, -0.15) is 0 Å². The highest BCUT2D eigenvalue weighted by molar-refractivity contribution is 5.95. The number of hydrogen-bond donors (Lipinski definition) is 0. The number of hydrogen-bond acceptors (Lipinski definition) is 1. The molecule has 0 bridgehead atoms. The Morgan fingerprint density at radius 2 is 1.07 bits per heavy atom. The van der Waals surface area contributed by atoms with Crippen LogP contribution in [-0.4, -0.2) is 0 Å². The van der Waals surface area contributed by atoms with Crippen LogP contribution in [0.15, 0.2) is 109 Å². The molecule has 0 amide bonds. The molecule has 1 nitrogen and oxygen atoms in total. The topological polar surface area (TPSA) is 9.23 Å². The smallest absolute Gasteiger partial charge is 0.140 e. The van der Waals surface area contributed by atoms with E-state index in [1.54, 1.807) is 0 Å². The Morgan fingerprint density at radius 3 is 1.83 bits per heavy atom. The summed E-state index contributed by atoms with van der Waals surface area (Å²) < 4.78 is 6.61. The van der Waals surface area contributed by atoms with Gasteiger partial charge in [0.2, 0.25) is 0 Å². The summed E-state index contributed by atoms with van der Waals surface area (Å²) in [6.07, 6.45) is 0. The quantitative estimate of drug-likeness (QED) is 0.267. The van der Waals surface area contributed by atoms with E-state index >= 15 is 0 Å². The molecule has 0 saturated carbocycles. The van der Waals surface area contributed by atoms with Crippen molar-refractivity contribution in [2.24, 2.45) is 0 Å². The number of fused-ring (bicyclic) bond motifs is 11. The lowest BCUT2D eigenvalue weighted by Crippen LogP contribution is -2.32. The van der Waals surface area contributed by atoms with Gasteiger partial charge in [-0.15, -0.1) is 0 Å². The highest BCUT2D eigenvalue weighted by Crippen LogP contribution is 2.62. The van der Waals surface area contributed by atoms with Crippen molar-refractivity contribution in [1.82, 2.24) is 0 Å². The third-order valence-corrected chi connectivity index (χ3v) is 6.74. The van der Waals surface area contributed by atoms with Crippen molar-refractivity contribution in [2.75, 3.05) is 0 Å². The summed E-state index contributed by atoms with van der Waals surface area (Å²) in [5.74, 6) is 1.91. The minimum absolute atomic E-state index is 0.374. The molecule has 1 heteroatoms. The summed E-state index contributed by atoms with van der Waals surface area (Å²) in [5.41, 5.74) is 7.34. The molecule has 0 radical (unpaired) electrons. The fourth-order valence-electron chi connectivity index (χ4n) is 5.58. The average molecular weight is 382 g/mol. The lowest BCUT2D eigenvalue weighted by atomic mass is 9.66. The molecular formula is C29H18O. The molecule has 1 spiro atoms. The van der Waals surface area contributed by atoms with Crippen LogP contribution < -0.4 is 4.74 Å². The van der Waals surface area contributed by atoms with Crippen LogP contribution in [0.4, 0.5) is 0 Å². The molecule has 140 valence electrons. The van der Waals surface area contributed by atoms with Crippen LogP contribution in [0.1, 0.15) is 22.3 Å². The van der Waals surface area contributed by atoms with E-state index in [2.05, 4.69) is 109 Å². The summed E-state index contributed by atoms with van der Waals surface area (Å²) >= 11 is 0. The zero-order valence-corrected chi connectivity index (χ0v) is 16.3. The first kappa shape index (κ1) is 16.0. The molecule has 7 rings (SSSR count). The fourth-order valence-corrected chi connectivity index (χ4v) is 5.58. The highest BCUT2D eigenvalue weighted by atomic mass is 16.5. The molecule has 2 aliphatic rings. The summed E-state index contributed by atoms with van der Waals surface area (Å²) in [6.45, 7) is 0. The molecule has 0 unspecified atom stereocenters. The van der Waals surface area contributed by atoms with Crippen LogP contribution in [-0.2, 0) is 5.41 Å². The van der Waals surface area contributed by atoms with Crippen molar-refractivity contribution in [3.8, 4) is 22.6 Å². The zero-order chi connectivity index (χ0) is 19.7. The van der Waals surface area contributed by atoms with E-state index in [9.17, 15) is 0 Å². The molecule has 5 aromatic carbocycles. The van der Waals surface area contributed by atoms with E-state index in [0.29, 0.717) is 0 Å². The third-order valence-electron chi connectivity index (χ3n) is 6.74. The summed E-state index contributed by atoms with van der Waals surface area (Å²) in [4.78, 5) is 0. The highest BCUT2D eigenvalue weighted by Gasteiger charge is 2.51. The predicted molar refractivity (Wildman–Crippen MR) is 121 cm³/mol. The Morgan fingerprint density at radius 1 is 0.467 bits per heavy atom. The van der Waals surface area contributed by atoms with Gasteiger partial charge >= 0.3 is 0 Å². The van der Waals surface area contributed by atoms with Crippen LogP contribution >= 0.6 is 0 Å². The fraction of sp³-hybridized carbons (Fsp3) is 0.0345. The normalized spacial score (nSPS) is 14.5. The molecule has 30 heavy (non-hydrogen) atoms. The van der Waals surface area contributed by atoms with Crippen molar-refractivity contribution in [1.29, 1.82) is 0 Å². The Balaban J connectivity index is 1.73. The van der Waals surface area contributed by atoms with E-state index in [4.69, 9.17) is 4.74 Å². The first-order chi connectivity index (χ1) is 14.9. The van der Waals surface area contributed by atoms with Crippen LogP contribution in [0.3, 0.4) is 0 Å². The van der Waals surface area contributed by atoms with Gasteiger partial charge in [0.15, 0.2) is 0 Å². The van der Waals surface area contributed by atoms with Gasteiger partial charge in [-0.05, 0) is 33.7 Å². The minimum atomic E-state index is -0.374. The van der Waals surface area contributed by atoms with E-state index in [1.165, 1.54) is 38.8 Å². The van der Waals surface area contributed by atoms with Gasteiger partial charge in [-0.3, -0.25) is 0 Å². The summed E-state index contributed by atoms with van der Waals surface area (Å²) in [6, 6.07) is 39.2. The summed E-state index contributed by atoms with van der Waals surface area (Å²) in [7, 11) is 0. The van der Waals surface area contributed by atoms with E-state index in [-0.39, 0.29) is 5.41 Å². The first-order valence-electron chi connectivity index (χ1n) is 10.4. The van der Waals surface area contributed by atoms with Crippen molar-refractivity contribution in [3.63, 3.8) is 0 Å². The lowest BCUT2D eigenvalue weighted by molar-refractivity contribution is 0.441. The maximum Gasteiger partial charge on any atom is 0.140 e. The second-order valence-electron chi connectivity index (χ2n) is 8.10. The molecule has 0 fully saturated rings. The third kappa shape index (κ3) is 1.79. The molecule has 0 atom stereocenters. The standard InChI is InChI=1S/C29H18O/c1-2-10-20-19(9-1)17-18-26-28(20)30-27-16-8-7-15-25(27)29(26)23-13-5-3-11-21(23)22-12-4-6-14-24(22)29/h1-18H. The first-order valence-corrected chi connectivity index (χ1v) is 10.4. The number of rotatable bonds is 0. The largest absolute Gasteiger partial charge is 0.456 e. The lowest BCUT2D eigenvalue weighted by Gasteiger charge is -2.39. The molecule has 5 aromatic rings. The summed E-state index contributed by atoms with van der Waals surface area (Å²) in [5, 5.41) is 2.36. The number of para-hydroxylation sites is 1. The monoisotopic (exact) mass is 382 g/mol. The molecule has 1 aliphatic heterocycles. The average Bonchev–Trinajstić information content (AvgIpc) is 3.11. The van der Waals surface area contributed by atoms with E-state index in [0.717, 1.165) is 16.9 Å². The van der Waals surface area contributed by atoms with E-state index in [1.807, 2.05) is 0 Å². The van der Waals surface area contributed by atoms with Crippen molar-refractivity contribution in [2.45, 2.75) is 5.41 Å². The van der Waals surface area contributed by atoms with E-state index < -0.39 is 0 Å². The second-order valence-corrected chi connectivity index (χ2v) is 8.10. The van der Waals surface area contributed by atoms with Gasteiger partial charge in [0.05, 0.1) is 5.41 Å². The predicted octanol–water partition coefficient (Wildman–Crippen LogP) is 7.31. The number of benzene rings is 5. The molecule has 0 aromatic heterocycles. The zero-order valence-electron chi connectivity index (χ0n) is 16.3.